The highest BCUT2D eigenvalue weighted by molar-refractivity contribution is 5.96. The summed E-state index contributed by atoms with van der Waals surface area (Å²) < 4.78 is 10.5. The predicted molar refractivity (Wildman–Crippen MR) is 92.5 cm³/mol. The van der Waals surface area contributed by atoms with E-state index in [-0.39, 0.29) is 12.5 Å². The minimum atomic E-state index is -0.00317. The molecule has 0 heterocycles. The maximum Gasteiger partial charge on any atom is 0.246 e. The minimum Gasteiger partial charge on any atom is -0.497 e. The molecule has 0 saturated carbocycles. The molecule has 0 fully saturated rings. The van der Waals surface area contributed by atoms with Gasteiger partial charge in [-0.3, -0.25) is 4.79 Å². The monoisotopic (exact) mass is 314 g/mol. The van der Waals surface area contributed by atoms with Crippen molar-refractivity contribution < 1.29 is 14.3 Å². The maximum absolute atomic E-state index is 12.5. The summed E-state index contributed by atoms with van der Waals surface area (Å²) in [5, 5.41) is 3.13. The van der Waals surface area contributed by atoms with Crippen LogP contribution in [0, 0.1) is 0 Å². The van der Waals surface area contributed by atoms with E-state index >= 15 is 0 Å². The number of rotatable bonds is 7. The maximum atomic E-state index is 12.5. The smallest absolute Gasteiger partial charge is 0.246 e. The van der Waals surface area contributed by atoms with Gasteiger partial charge in [0.2, 0.25) is 5.91 Å². The van der Waals surface area contributed by atoms with Crippen molar-refractivity contribution >= 4 is 17.3 Å². The molecular weight excluding hydrogens is 292 g/mol. The van der Waals surface area contributed by atoms with Gasteiger partial charge in [0.25, 0.3) is 0 Å². The third kappa shape index (κ3) is 4.16. The lowest BCUT2D eigenvalue weighted by Gasteiger charge is -2.22. The number of hydrogen-bond donors (Lipinski definition) is 1. The molecule has 0 aliphatic rings. The highest BCUT2D eigenvalue weighted by Gasteiger charge is 2.14. The number of hydrogen-bond acceptors (Lipinski definition) is 4. The zero-order valence-electron chi connectivity index (χ0n) is 13.7. The zero-order valence-corrected chi connectivity index (χ0v) is 13.7. The van der Waals surface area contributed by atoms with Gasteiger partial charge in [-0.1, -0.05) is 18.2 Å². The Bertz CT molecular complexity index is 644. The molecule has 0 bridgehead atoms. The molecule has 5 nitrogen and oxygen atoms in total. The van der Waals surface area contributed by atoms with Crippen LogP contribution in [0.5, 0.6) is 11.5 Å². The first kappa shape index (κ1) is 16.7. The van der Waals surface area contributed by atoms with Crippen LogP contribution in [0.2, 0.25) is 0 Å². The molecule has 23 heavy (non-hydrogen) atoms. The third-order valence-electron chi connectivity index (χ3n) is 3.52. The Kier molecular flexibility index (Phi) is 5.86. The van der Waals surface area contributed by atoms with Gasteiger partial charge in [-0.25, -0.2) is 0 Å². The second-order valence-electron chi connectivity index (χ2n) is 4.89. The normalized spacial score (nSPS) is 10.0. The largest absolute Gasteiger partial charge is 0.497 e. The van der Waals surface area contributed by atoms with Crippen molar-refractivity contribution in [2.45, 2.75) is 6.92 Å². The standard InChI is InChI=1S/C18H22N2O3/c1-4-20(14-8-6-5-7-9-14)18(21)13-19-16-11-10-15(22-2)12-17(16)23-3/h5-12,19H,4,13H2,1-3H3. The Morgan fingerprint density at radius 2 is 1.83 bits per heavy atom. The second-order valence-corrected chi connectivity index (χ2v) is 4.89. The van der Waals surface area contributed by atoms with Crippen LogP contribution in [-0.2, 0) is 4.79 Å². The Hall–Kier alpha value is -2.69. The highest BCUT2D eigenvalue weighted by atomic mass is 16.5. The van der Waals surface area contributed by atoms with Crippen LogP contribution >= 0.6 is 0 Å². The van der Waals surface area contributed by atoms with Crippen LogP contribution in [-0.4, -0.2) is 33.2 Å². The number of nitrogens with one attached hydrogen (secondary N) is 1. The van der Waals surface area contributed by atoms with Crippen molar-refractivity contribution in [1.29, 1.82) is 0 Å². The molecule has 0 spiro atoms. The molecule has 1 N–H and O–H groups in total. The second kappa shape index (κ2) is 8.08. The van der Waals surface area contributed by atoms with Crippen molar-refractivity contribution in [1.82, 2.24) is 0 Å². The summed E-state index contributed by atoms with van der Waals surface area (Å²) in [6.07, 6.45) is 0. The molecule has 0 aliphatic heterocycles. The summed E-state index contributed by atoms with van der Waals surface area (Å²) in [6.45, 7) is 2.76. The lowest BCUT2D eigenvalue weighted by atomic mass is 10.2. The fourth-order valence-corrected chi connectivity index (χ4v) is 2.32. The Labute approximate surface area is 136 Å². The number of nitrogens with zero attached hydrogens (tertiary/aromatic N) is 1. The third-order valence-corrected chi connectivity index (χ3v) is 3.52. The van der Waals surface area contributed by atoms with E-state index in [2.05, 4.69) is 5.32 Å². The molecule has 0 aromatic heterocycles. The van der Waals surface area contributed by atoms with E-state index in [4.69, 9.17) is 9.47 Å². The van der Waals surface area contributed by atoms with Gasteiger partial charge in [0.15, 0.2) is 0 Å². The van der Waals surface area contributed by atoms with E-state index in [0.29, 0.717) is 18.0 Å². The summed E-state index contributed by atoms with van der Waals surface area (Å²) in [5.74, 6) is 1.34. The summed E-state index contributed by atoms with van der Waals surface area (Å²) in [5.41, 5.74) is 1.65. The molecule has 2 aromatic rings. The van der Waals surface area contributed by atoms with E-state index in [1.807, 2.05) is 49.4 Å². The number of carbonyl (C=O) groups is 1. The fourth-order valence-electron chi connectivity index (χ4n) is 2.32. The van der Waals surface area contributed by atoms with Crippen LogP contribution < -0.4 is 19.7 Å². The van der Waals surface area contributed by atoms with E-state index in [9.17, 15) is 4.79 Å². The number of ether oxygens (including phenoxy) is 2. The van der Waals surface area contributed by atoms with E-state index < -0.39 is 0 Å². The minimum absolute atomic E-state index is 0.00317. The number of benzene rings is 2. The molecule has 0 unspecified atom stereocenters. The average Bonchev–Trinajstić information content (AvgIpc) is 2.61. The lowest BCUT2D eigenvalue weighted by molar-refractivity contribution is -0.116. The molecule has 0 saturated heterocycles. The van der Waals surface area contributed by atoms with Crippen LogP contribution in [0.4, 0.5) is 11.4 Å². The van der Waals surface area contributed by atoms with Gasteiger partial charge in [-0.05, 0) is 31.2 Å². The Morgan fingerprint density at radius 3 is 2.43 bits per heavy atom. The molecule has 0 atom stereocenters. The summed E-state index contributed by atoms with van der Waals surface area (Å²) in [7, 11) is 3.19. The van der Waals surface area contributed by atoms with Crippen molar-refractivity contribution in [3.8, 4) is 11.5 Å². The fraction of sp³-hybridized carbons (Fsp3) is 0.278. The lowest BCUT2D eigenvalue weighted by Crippen LogP contribution is -2.35. The zero-order chi connectivity index (χ0) is 16.7. The highest BCUT2D eigenvalue weighted by Crippen LogP contribution is 2.28. The number of para-hydroxylation sites is 1. The molecule has 5 heteroatoms. The van der Waals surface area contributed by atoms with Crippen LogP contribution in [0.3, 0.4) is 0 Å². The Morgan fingerprint density at radius 1 is 1.09 bits per heavy atom. The van der Waals surface area contributed by atoms with Gasteiger partial charge >= 0.3 is 0 Å². The molecular formula is C18H22N2O3. The first-order valence-corrected chi connectivity index (χ1v) is 7.51. The van der Waals surface area contributed by atoms with Gasteiger partial charge in [0, 0.05) is 18.3 Å². The Balaban J connectivity index is 2.06. The van der Waals surface area contributed by atoms with Crippen molar-refractivity contribution in [3.63, 3.8) is 0 Å². The van der Waals surface area contributed by atoms with Gasteiger partial charge in [-0.2, -0.15) is 0 Å². The number of methoxy groups -OCH3 is 2. The quantitative estimate of drug-likeness (QED) is 0.853. The molecule has 1 amide bonds. The average molecular weight is 314 g/mol. The molecule has 0 radical (unpaired) electrons. The SMILES string of the molecule is CCN(C(=O)CNc1ccc(OC)cc1OC)c1ccccc1. The van der Waals surface area contributed by atoms with Crippen molar-refractivity contribution in [3.05, 3.63) is 48.5 Å². The van der Waals surface area contributed by atoms with Gasteiger partial charge in [0.1, 0.15) is 11.5 Å². The van der Waals surface area contributed by atoms with Gasteiger partial charge < -0.3 is 19.7 Å². The topological polar surface area (TPSA) is 50.8 Å². The molecule has 2 rings (SSSR count). The summed E-state index contributed by atoms with van der Waals surface area (Å²) in [4.78, 5) is 14.2. The molecule has 0 aliphatic carbocycles. The van der Waals surface area contributed by atoms with Crippen molar-refractivity contribution in [2.75, 3.05) is 37.5 Å². The van der Waals surface area contributed by atoms with Gasteiger partial charge in [0.05, 0.1) is 26.5 Å². The van der Waals surface area contributed by atoms with E-state index in [0.717, 1.165) is 11.4 Å². The number of amides is 1. The van der Waals surface area contributed by atoms with Crippen LogP contribution in [0.25, 0.3) is 0 Å². The summed E-state index contributed by atoms with van der Waals surface area (Å²) >= 11 is 0. The first-order chi connectivity index (χ1) is 11.2. The van der Waals surface area contributed by atoms with Crippen molar-refractivity contribution in [2.24, 2.45) is 0 Å². The predicted octanol–water partition coefficient (Wildman–Crippen LogP) is 3.17. The molecule has 122 valence electrons. The number of likely N-dealkylation sites (N-methyl/N-ethyl adjacent to an activating group) is 1. The van der Waals surface area contributed by atoms with Gasteiger partial charge in [-0.15, -0.1) is 0 Å². The summed E-state index contributed by atoms with van der Waals surface area (Å²) in [6, 6.07) is 15.1. The van der Waals surface area contributed by atoms with E-state index in [1.54, 1.807) is 25.2 Å². The first-order valence-electron chi connectivity index (χ1n) is 7.51. The van der Waals surface area contributed by atoms with Crippen LogP contribution in [0.1, 0.15) is 6.92 Å². The number of carbonyl (C=O) groups excluding carboxylic acids is 1. The van der Waals surface area contributed by atoms with E-state index in [1.165, 1.54) is 0 Å². The van der Waals surface area contributed by atoms with Crippen LogP contribution in [0.15, 0.2) is 48.5 Å². The number of anilines is 2. The molecule has 2 aromatic carbocycles.